The van der Waals surface area contributed by atoms with Crippen molar-refractivity contribution >= 4 is 0 Å². The Kier molecular flexibility index (Phi) is 11.4. The maximum atomic E-state index is 4.74. The van der Waals surface area contributed by atoms with E-state index < -0.39 is 0 Å². The van der Waals surface area contributed by atoms with Gasteiger partial charge in [-0.05, 0) is 134 Å². The van der Waals surface area contributed by atoms with Gasteiger partial charge >= 0.3 is 0 Å². The molecule has 0 amide bonds. The molecule has 9 heteroatoms. The van der Waals surface area contributed by atoms with E-state index in [-0.39, 0.29) is 16.6 Å². The highest BCUT2D eigenvalue weighted by molar-refractivity contribution is 5.21. The van der Waals surface area contributed by atoms with E-state index in [1.165, 1.54) is 66.1 Å². The molecule has 45 heavy (non-hydrogen) atoms. The van der Waals surface area contributed by atoms with E-state index in [1.54, 1.807) is 0 Å². The van der Waals surface area contributed by atoms with Gasteiger partial charge in [-0.1, -0.05) is 6.92 Å². The van der Waals surface area contributed by atoms with Crippen LogP contribution in [0, 0.1) is 0 Å². The lowest BCUT2D eigenvalue weighted by Crippen LogP contribution is -2.24. The highest BCUT2D eigenvalue weighted by Gasteiger charge is 2.22. The average molecular weight is 622 g/mol. The molecule has 0 spiro atoms. The molecule has 3 aliphatic heterocycles. The summed E-state index contributed by atoms with van der Waals surface area (Å²) in [6, 6.07) is 0. The van der Waals surface area contributed by atoms with Crippen molar-refractivity contribution in [2.45, 2.75) is 144 Å². The molecule has 0 aromatic carbocycles. The molecule has 0 bridgehead atoms. The number of hydrogen-bond acceptors (Lipinski definition) is 6. The number of aromatic nitrogens is 6. The van der Waals surface area contributed by atoms with Crippen LogP contribution in [0.1, 0.15) is 122 Å². The van der Waals surface area contributed by atoms with E-state index in [0.29, 0.717) is 0 Å². The van der Waals surface area contributed by atoms with Gasteiger partial charge in [0.2, 0.25) is 0 Å². The van der Waals surface area contributed by atoms with Gasteiger partial charge in [-0.2, -0.15) is 15.3 Å². The summed E-state index contributed by atoms with van der Waals surface area (Å²) >= 11 is 0. The van der Waals surface area contributed by atoms with E-state index in [0.717, 1.165) is 52.0 Å². The van der Waals surface area contributed by atoms with Gasteiger partial charge in [0.25, 0.3) is 0 Å². The Morgan fingerprint density at radius 3 is 1.58 bits per heavy atom. The maximum absolute atomic E-state index is 4.74. The molecule has 6 rings (SSSR count). The molecular weight excluding hydrogens is 558 g/mol. The van der Waals surface area contributed by atoms with Crippen LogP contribution in [0.3, 0.4) is 0 Å². The Labute approximate surface area is 273 Å². The Morgan fingerprint density at radius 2 is 1.07 bits per heavy atom. The Bertz CT molecular complexity index is 1330. The monoisotopic (exact) mass is 622 g/mol. The first-order valence-electron chi connectivity index (χ1n) is 17.4. The molecule has 0 aliphatic carbocycles. The molecule has 0 unspecified atom stereocenters. The van der Waals surface area contributed by atoms with Crippen molar-refractivity contribution in [2.75, 3.05) is 33.2 Å². The predicted molar refractivity (Wildman–Crippen MR) is 186 cm³/mol. The lowest BCUT2D eigenvalue weighted by atomic mass is 10.1. The van der Waals surface area contributed by atoms with E-state index in [4.69, 9.17) is 10.2 Å². The zero-order valence-corrected chi connectivity index (χ0v) is 30.5. The first-order chi connectivity index (χ1) is 21.0. The lowest BCUT2D eigenvalue weighted by Gasteiger charge is -2.20. The summed E-state index contributed by atoms with van der Waals surface area (Å²) < 4.78 is 6.32. The van der Waals surface area contributed by atoms with Gasteiger partial charge in [-0.15, -0.1) is 0 Å². The van der Waals surface area contributed by atoms with Crippen LogP contribution in [-0.4, -0.2) is 72.4 Å². The Morgan fingerprint density at radius 1 is 0.622 bits per heavy atom. The van der Waals surface area contributed by atoms with Crippen molar-refractivity contribution in [1.82, 2.24) is 44.5 Å². The van der Waals surface area contributed by atoms with E-state index in [9.17, 15) is 0 Å². The van der Waals surface area contributed by atoms with Gasteiger partial charge in [0.1, 0.15) is 0 Å². The summed E-state index contributed by atoms with van der Waals surface area (Å²) in [5, 5.41) is 17.5. The molecule has 3 aromatic heterocycles. The third-order valence-electron chi connectivity index (χ3n) is 8.90. The molecule has 3 aliphatic rings. The van der Waals surface area contributed by atoms with Crippen LogP contribution >= 0.6 is 0 Å². The smallest absolute Gasteiger partial charge is 0.0670 e. The van der Waals surface area contributed by atoms with Gasteiger partial charge in [-0.3, -0.25) is 18.9 Å². The topological polar surface area (TPSA) is 72.0 Å². The maximum Gasteiger partial charge on any atom is 0.0670 e. The van der Waals surface area contributed by atoms with Crippen LogP contribution in [0.15, 0.2) is 18.6 Å². The minimum atomic E-state index is 0.100. The highest BCUT2D eigenvalue weighted by Crippen LogP contribution is 2.23. The number of nitrogens with zero attached hydrogens (tertiary/aromatic N) is 8. The van der Waals surface area contributed by atoms with Crippen LogP contribution < -0.4 is 5.32 Å². The van der Waals surface area contributed by atoms with Crippen molar-refractivity contribution in [3.8, 4) is 0 Å². The first kappa shape index (κ1) is 35.4. The van der Waals surface area contributed by atoms with Crippen molar-refractivity contribution < 1.29 is 0 Å². The summed E-state index contributed by atoms with van der Waals surface area (Å²) in [6.07, 6.45) is 13.7. The molecule has 252 valence electrons. The fourth-order valence-corrected chi connectivity index (χ4v) is 5.96. The number of fused-ring (bicyclic) bond motifs is 3. The number of hydrogen-bond donors (Lipinski definition) is 1. The Balaban J connectivity index is 0.000000154. The van der Waals surface area contributed by atoms with Crippen molar-refractivity contribution in [1.29, 1.82) is 0 Å². The molecular formula is C36H63N9. The number of rotatable bonds is 1. The van der Waals surface area contributed by atoms with E-state index >= 15 is 0 Å². The SMILES string of the molecule is CC(C)(C)n1cc2c(n1)CCCNC2.CCN1CCCc2nn(C(C)(C)C)cc2C1.CN1CCCc2nn(C(C)(C)C)cc2C1. The third-order valence-corrected chi connectivity index (χ3v) is 8.90. The molecule has 3 aromatic rings. The second-order valence-corrected chi connectivity index (χ2v) is 16.2. The van der Waals surface area contributed by atoms with Crippen molar-refractivity contribution in [3.05, 3.63) is 52.4 Å². The largest absolute Gasteiger partial charge is 0.313 e. The summed E-state index contributed by atoms with van der Waals surface area (Å²) in [7, 11) is 2.18. The molecule has 0 saturated carbocycles. The quantitative estimate of drug-likeness (QED) is 0.354. The predicted octanol–water partition coefficient (Wildman–Crippen LogP) is 6.10. The zero-order chi connectivity index (χ0) is 33.0. The minimum Gasteiger partial charge on any atom is -0.313 e. The molecule has 1 N–H and O–H groups in total. The van der Waals surface area contributed by atoms with Gasteiger partial charge in [0.05, 0.1) is 33.7 Å². The van der Waals surface area contributed by atoms with Gasteiger partial charge < -0.3 is 10.2 Å². The van der Waals surface area contributed by atoms with Crippen molar-refractivity contribution in [3.63, 3.8) is 0 Å². The molecule has 0 saturated heterocycles. The van der Waals surface area contributed by atoms with Crippen LogP contribution in [0.25, 0.3) is 0 Å². The number of aryl methyl sites for hydroxylation is 3. The Hall–Kier alpha value is -2.49. The molecule has 0 atom stereocenters. The molecule has 9 nitrogen and oxygen atoms in total. The van der Waals surface area contributed by atoms with Crippen LogP contribution in [0.2, 0.25) is 0 Å². The van der Waals surface area contributed by atoms with Gasteiger partial charge in [0.15, 0.2) is 0 Å². The summed E-state index contributed by atoms with van der Waals surface area (Å²) in [5.74, 6) is 0. The molecule has 0 fully saturated rings. The summed E-state index contributed by atoms with van der Waals surface area (Å²) in [4.78, 5) is 4.88. The van der Waals surface area contributed by atoms with Crippen molar-refractivity contribution in [2.24, 2.45) is 0 Å². The van der Waals surface area contributed by atoms with Gasteiger partial charge in [0, 0.05) is 54.9 Å². The van der Waals surface area contributed by atoms with E-state index in [2.05, 4.69) is 129 Å². The lowest BCUT2D eigenvalue weighted by molar-refractivity contribution is 0.282. The molecule has 6 heterocycles. The normalized spacial score (nSPS) is 18.2. The second kappa shape index (κ2) is 14.5. The molecule has 0 radical (unpaired) electrons. The van der Waals surface area contributed by atoms with Crippen LogP contribution in [0.5, 0.6) is 0 Å². The summed E-state index contributed by atoms with van der Waals surface area (Å²) in [5.41, 5.74) is 8.40. The van der Waals surface area contributed by atoms with Gasteiger partial charge in [-0.25, -0.2) is 0 Å². The van der Waals surface area contributed by atoms with Crippen LogP contribution in [0.4, 0.5) is 0 Å². The average Bonchev–Trinajstić information content (AvgIpc) is 3.54. The highest BCUT2D eigenvalue weighted by atomic mass is 15.3. The van der Waals surface area contributed by atoms with E-state index in [1.807, 2.05) is 0 Å². The first-order valence-corrected chi connectivity index (χ1v) is 17.4. The summed E-state index contributed by atoms with van der Waals surface area (Å²) in [6.45, 7) is 29.8. The minimum absolute atomic E-state index is 0.100. The fraction of sp³-hybridized carbons (Fsp3) is 0.750. The van der Waals surface area contributed by atoms with Crippen LogP contribution in [-0.2, 0) is 55.5 Å². The fourth-order valence-electron chi connectivity index (χ4n) is 5.96. The zero-order valence-electron chi connectivity index (χ0n) is 30.5. The second-order valence-electron chi connectivity index (χ2n) is 16.2. The number of nitrogens with one attached hydrogen (secondary N) is 1. The third kappa shape index (κ3) is 9.75. The standard InChI is InChI=1S/C13H23N3.C12H21N3.C11H19N3/c1-5-15-8-6-7-12-11(9-15)10-16(14-12)13(2,3)4;1-12(2,3)15-9-10-8-14(4)7-5-6-11(10)13-15;1-11(2,3)14-8-9-7-12-6-4-5-10(9)13-14/h10H,5-9H2,1-4H3;9H,5-8H2,1-4H3;8,12H,4-7H2,1-3H3.